The molecule has 148 valence electrons. The van der Waals surface area contributed by atoms with Crippen LogP contribution in [0.15, 0.2) is 46.9 Å². The first kappa shape index (κ1) is 21.2. The molecular formula is C18H17BrN2O7. The lowest BCUT2D eigenvalue weighted by Gasteiger charge is -2.09. The van der Waals surface area contributed by atoms with E-state index in [1.807, 2.05) is 0 Å². The molecule has 9 nitrogen and oxygen atoms in total. The third-order valence-corrected chi connectivity index (χ3v) is 3.81. The Morgan fingerprint density at radius 2 is 1.75 bits per heavy atom. The summed E-state index contributed by atoms with van der Waals surface area (Å²) in [5.41, 5.74) is -0.357. The first-order chi connectivity index (χ1) is 13.4. The molecule has 1 amide bonds. The van der Waals surface area contributed by atoms with E-state index in [9.17, 15) is 19.7 Å². The van der Waals surface area contributed by atoms with Crippen LogP contribution in [0.2, 0.25) is 0 Å². The van der Waals surface area contributed by atoms with E-state index in [1.165, 1.54) is 18.2 Å². The maximum Gasteiger partial charge on any atom is 0.344 e. The van der Waals surface area contributed by atoms with Gasteiger partial charge in [-0.05, 0) is 43.3 Å². The Balaban J connectivity index is 1.85. The average molecular weight is 453 g/mol. The highest BCUT2D eigenvalue weighted by atomic mass is 79.9. The monoisotopic (exact) mass is 452 g/mol. The molecule has 0 atom stereocenters. The van der Waals surface area contributed by atoms with Crippen LogP contribution in [0.25, 0.3) is 0 Å². The Hall–Kier alpha value is -3.14. The Morgan fingerprint density at radius 3 is 2.39 bits per heavy atom. The lowest BCUT2D eigenvalue weighted by Crippen LogP contribution is -2.24. The van der Waals surface area contributed by atoms with E-state index >= 15 is 0 Å². The molecular weight excluding hydrogens is 436 g/mol. The van der Waals surface area contributed by atoms with E-state index in [0.29, 0.717) is 18.1 Å². The fourth-order valence-electron chi connectivity index (χ4n) is 2.07. The van der Waals surface area contributed by atoms with Gasteiger partial charge in [0, 0.05) is 4.47 Å². The number of benzene rings is 2. The number of nitro groups is 1. The minimum Gasteiger partial charge on any atom is -0.494 e. The van der Waals surface area contributed by atoms with E-state index in [-0.39, 0.29) is 18.0 Å². The van der Waals surface area contributed by atoms with E-state index < -0.39 is 23.4 Å². The number of nitrogens with one attached hydrogen (secondary N) is 1. The van der Waals surface area contributed by atoms with Gasteiger partial charge in [0.05, 0.1) is 17.6 Å². The van der Waals surface area contributed by atoms with Crippen LogP contribution in [-0.4, -0.2) is 36.6 Å². The van der Waals surface area contributed by atoms with Gasteiger partial charge < -0.3 is 19.5 Å². The predicted molar refractivity (Wildman–Crippen MR) is 103 cm³/mol. The van der Waals surface area contributed by atoms with Crippen molar-refractivity contribution in [3.63, 3.8) is 0 Å². The van der Waals surface area contributed by atoms with Gasteiger partial charge in [0.1, 0.15) is 17.2 Å². The molecule has 0 bridgehead atoms. The standard InChI is InChI=1S/C18H17BrN2O7/c1-2-26-14-7-8-15(16(9-14)21(24)25)20-17(22)10-28-18(23)11-27-13-5-3-12(19)4-6-13/h3-9H,2,10-11H2,1H3,(H,20,22). The quantitative estimate of drug-likeness (QED) is 0.352. The summed E-state index contributed by atoms with van der Waals surface area (Å²) in [7, 11) is 0. The van der Waals surface area contributed by atoms with Crippen molar-refractivity contribution in [2.75, 3.05) is 25.1 Å². The number of anilines is 1. The largest absolute Gasteiger partial charge is 0.494 e. The third-order valence-electron chi connectivity index (χ3n) is 3.29. The molecule has 0 aliphatic carbocycles. The van der Waals surface area contributed by atoms with Gasteiger partial charge in [-0.2, -0.15) is 0 Å². The van der Waals surface area contributed by atoms with Crippen LogP contribution in [0.4, 0.5) is 11.4 Å². The highest BCUT2D eigenvalue weighted by Crippen LogP contribution is 2.29. The highest BCUT2D eigenvalue weighted by molar-refractivity contribution is 9.10. The Labute approximate surface area is 168 Å². The molecule has 0 unspecified atom stereocenters. The summed E-state index contributed by atoms with van der Waals surface area (Å²) >= 11 is 3.28. The molecule has 1 N–H and O–H groups in total. The van der Waals surface area contributed by atoms with Crippen molar-refractivity contribution >= 4 is 39.2 Å². The fraction of sp³-hybridized carbons (Fsp3) is 0.222. The summed E-state index contributed by atoms with van der Waals surface area (Å²) in [4.78, 5) is 34.1. The number of rotatable bonds is 9. The van der Waals surface area contributed by atoms with Crippen LogP contribution in [-0.2, 0) is 14.3 Å². The summed E-state index contributed by atoms with van der Waals surface area (Å²) in [5.74, 6) is -0.693. The number of ether oxygens (including phenoxy) is 3. The van der Waals surface area contributed by atoms with Crippen LogP contribution < -0.4 is 14.8 Å². The average Bonchev–Trinajstić information content (AvgIpc) is 2.67. The second kappa shape index (κ2) is 10.3. The van der Waals surface area contributed by atoms with Crippen molar-refractivity contribution < 1.29 is 28.7 Å². The van der Waals surface area contributed by atoms with Crippen molar-refractivity contribution in [2.24, 2.45) is 0 Å². The molecule has 0 spiro atoms. The van der Waals surface area contributed by atoms with E-state index in [1.54, 1.807) is 31.2 Å². The first-order valence-corrected chi connectivity index (χ1v) is 8.93. The Morgan fingerprint density at radius 1 is 1.07 bits per heavy atom. The maximum absolute atomic E-state index is 11.9. The summed E-state index contributed by atoms with van der Waals surface area (Å²) in [6.07, 6.45) is 0. The van der Waals surface area contributed by atoms with Crippen LogP contribution in [0, 0.1) is 10.1 Å². The lowest BCUT2D eigenvalue weighted by molar-refractivity contribution is -0.384. The zero-order chi connectivity index (χ0) is 20.5. The fourth-order valence-corrected chi connectivity index (χ4v) is 2.34. The van der Waals surface area contributed by atoms with Gasteiger partial charge in [-0.25, -0.2) is 4.79 Å². The summed E-state index contributed by atoms with van der Waals surface area (Å²) in [5, 5.41) is 13.5. The lowest BCUT2D eigenvalue weighted by atomic mass is 10.2. The van der Waals surface area contributed by atoms with Gasteiger partial charge in [0.25, 0.3) is 11.6 Å². The zero-order valence-corrected chi connectivity index (χ0v) is 16.4. The van der Waals surface area contributed by atoms with Crippen molar-refractivity contribution in [3.8, 4) is 11.5 Å². The van der Waals surface area contributed by atoms with Gasteiger partial charge in [-0.3, -0.25) is 14.9 Å². The van der Waals surface area contributed by atoms with Crippen LogP contribution in [0.5, 0.6) is 11.5 Å². The van der Waals surface area contributed by atoms with Crippen LogP contribution in [0.3, 0.4) is 0 Å². The van der Waals surface area contributed by atoms with Crippen LogP contribution >= 0.6 is 15.9 Å². The summed E-state index contributed by atoms with van der Waals surface area (Å²) < 4.78 is 16.1. The minimum atomic E-state index is -0.751. The predicted octanol–water partition coefficient (Wildman–Crippen LogP) is 3.32. The number of carbonyl (C=O) groups is 2. The number of carbonyl (C=O) groups excluding carboxylic acids is 2. The summed E-state index contributed by atoms with van der Waals surface area (Å²) in [6, 6.07) is 10.9. The molecule has 2 aromatic rings. The van der Waals surface area contributed by atoms with Gasteiger partial charge >= 0.3 is 5.97 Å². The van der Waals surface area contributed by atoms with E-state index in [4.69, 9.17) is 14.2 Å². The smallest absolute Gasteiger partial charge is 0.344 e. The maximum atomic E-state index is 11.9. The first-order valence-electron chi connectivity index (χ1n) is 8.14. The van der Waals surface area contributed by atoms with Gasteiger partial charge in [0.2, 0.25) is 0 Å². The van der Waals surface area contributed by atoms with E-state index in [0.717, 1.165) is 4.47 Å². The van der Waals surface area contributed by atoms with Gasteiger partial charge in [-0.1, -0.05) is 15.9 Å². The number of amides is 1. The Kier molecular flexibility index (Phi) is 7.76. The van der Waals surface area contributed by atoms with Crippen molar-refractivity contribution in [3.05, 3.63) is 57.1 Å². The molecule has 0 saturated heterocycles. The number of hydrogen-bond donors (Lipinski definition) is 1. The molecule has 0 radical (unpaired) electrons. The molecule has 10 heteroatoms. The molecule has 0 aliphatic rings. The number of nitrogens with zero attached hydrogens (tertiary/aromatic N) is 1. The highest BCUT2D eigenvalue weighted by Gasteiger charge is 2.18. The van der Waals surface area contributed by atoms with Crippen LogP contribution in [0.1, 0.15) is 6.92 Å². The topological polar surface area (TPSA) is 117 Å². The minimum absolute atomic E-state index is 0.0272. The molecule has 0 heterocycles. The number of nitro benzene ring substituents is 1. The Bertz CT molecular complexity index is 856. The molecule has 0 saturated carbocycles. The van der Waals surface area contributed by atoms with Gasteiger partial charge in [-0.15, -0.1) is 0 Å². The molecule has 0 aromatic heterocycles. The number of halogens is 1. The molecule has 0 aliphatic heterocycles. The van der Waals surface area contributed by atoms with E-state index in [2.05, 4.69) is 21.2 Å². The second-order valence-corrected chi connectivity index (χ2v) is 6.24. The number of hydrogen-bond acceptors (Lipinski definition) is 7. The molecule has 2 rings (SSSR count). The molecule has 28 heavy (non-hydrogen) atoms. The number of esters is 1. The zero-order valence-electron chi connectivity index (χ0n) is 14.8. The summed E-state index contributed by atoms with van der Waals surface area (Å²) in [6.45, 7) is 1.11. The third kappa shape index (κ3) is 6.54. The van der Waals surface area contributed by atoms with Crippen molar-refractivity contribution in [2.45, 2.75) is 6.92 Å². The molecule has 0 fully saturated rings. The molecule has 2 aromatic carbocycles. The SMILES string of the molecule is CCOc1ccc(NC(=O)COC(=O)COc2ccc(Br)cc2)c([N+](=O)[O-])c1. The van der Waals surface area contributed by atoms with Crippen molar-refractivity contribution in [1.29, 1.82) is 0 Å². The van der Waals surface area contributed by atoms with Gasteiger partial charge in [0.15, 0.2) is 13.2 Å². The second-order valence-electron chi connectivity index (χ2n) is 5.32. The van der Waals surface area contributed by atoms with Crippen molar-refractivity contribution in [1.82, 2.24) is 0 Å². The normalized spacial score (nSPS) is 10.1.